The minimum Gasteiger partial charge on any atom is -0.341 e. The van der Waals surface area contributed by atoms with Crippen LogP contribution in [-0.4, -0.2) is 45.8 Å². The van der Waals surface area contributed by atoms with E-state index in [0.29, 0.717) is 18.5 Å². The van der Waals surface area contributed by atoms with Crippen molar-refractivity contribution in [2.45, 2.75) is 45.1 Å². The number of pyridine rings is 1. The SMILES string of the molecule is C[C@H](NC(=O)c1cc2c(F)c(C(F)F)cnc2[nH]1)C(=O)N1CCC2(CC1)CC2. The standard InChI is InChI=1S/C19H21F3N4O2/c1-10(18(28)26-6-4-19(2-3-19)5-7-26)24-17(27)13-8-11-14(20)12(15(21)22)9-23-16(11)25-13/h8-10,15H,2-7H2,1H3,(H,23,25)(H,24,27)/t10-/m0/s1. The number of hydrogen-bond donors (Lipinski definition) is 2. The Labute approximate surface area is 159 Å². The van der Waals surface area contributed by atoms with Crippen molar-refractivity contribution in [1.29, 1.82) is 0 Å². The Morgan fingerprint density at radius 1 is 1.25 bits per heavy atom. The third-order valence-electron chi connectivity index (χ3n) is 5.91. The Hall–Kier alpha value is -2.58. The molecular formula is C19H21F3N4O2. The van der Waals surface area contributed by atoms with E-state index in [9.17, 15) is 22.8 Å². The summed E-state index contributed by atoms with van der Waals surface area (Å²) < 4.78 is 39.8. The van der Waals surface area contributed by atoms with Gasteiger partial charge < -0.3 is 15.2 Å². The van der Waals surface area contributed by atoms with E-state index in [1.807, 2.05) is 0 Å². The Morgan fingerprint density at radius 2 is 1.93 bits per heavy atom. The van der Waals surface area contributed by atoms with Crippen molar-refractivity contribution >= 4 is 22.8 Å². The zero-order valence-corrected chi connectivity index (χ0v) is 15.4. The molecular weight excluding hydrogens is 373 g/mol. The Morgan fingerprint density at radius 3 is 2.54 bits per heavy atom. The van der Waals surface area contributed by atoms with Gasteiger partial charge in [-0.05, 0) is 44.1 Å². The molecule has 1 saturated heterocycles. The molecule has 0 bridgehead atoms. The van der Waals surface area contributed by atoms with Gasteiger partial charge in [-0.2, -0.15) is 0 Å². The first-order valence-corrected chi connectivity index (χ1v) is 9.35. The Bertz CT molecular complexity index is 929. The maximum Gasteiger partial charge on any atom is 0.268 e. The van der Waals surface area contributed by atoms with Crippen LogP contribution in [0, 0.1) is 11.2 Å². The average molecular weight is 394 g/mol. The second-order valence-corrected chi connectivity index (χ2v) is 7.79. The molecule has 2 aromatic rings. The number of rotatable bonds is 4. The summed E-state index contributed by atoms with van der Waals surface area (Å²) in [5.74, 6) is -1.89. The Balaban J connectivity index is 1.44. The van der Waals surface area contributed by atoms with Crippen LogP contribution in [0.3, 0.4) is 0 Å². The molecule has 2 aromatic heterocycles. The number of likely N-dealkylation sites (tertiary alicyclic amines) is 1. The van der Waals surface area contributed by atoms with Crippen LogP contribution >= 0.6 is 0 Å². The normalized spacial score (nSPS) is 19.2. The van der Waals surface area contributed by atoms with E-state index in [1.165, 1.54) is 12.8 Å². The van der Waals surface area contributed by atoms with Crippen molar-refractivity contribution in [2.75, 3.05) is 13.1 Å². The first kappa shape index (κ1) is 18.8. The zero-order valence-electron chi connectivity index (χ0n) is 15.4. The third kappa shape index (κ3) is 3.33. The van der Waals surface area contributed by atoms with E-state index < -0.39 is 29.8 Å². The number of nitrogens with one attached hydrogen (secondary N) is 2. The molecule has 2 amide bonds. The molecule has 2 N–H and O–H groups in total. The predicted molar refractivity (Wildman–Crippen MR) is 95.4 cm³/mol. The molecule has 0 radical (unpaired) electrons. The molecule has 0 unspecified atom stereocenters. The summed E-state index contributed by atoms with van der Waals surface area (Å²) in [7, 11) is 0. The number of halogens is 3. The number of piperidine rings is 1. The van der Waals surface area contributed by atoms with Crippen molar-refractivity contribution < 1.29 is 22.8 Å². The molecule has 1 atom stereocenters. The summed E-state index contributed by atoms with van der Waals surface area (Å²) in [4.78, 5) is 33.1. The highest BCUT2D eigenvalue weighted by molar-refractivity contribution is 5.99. The Kier molecular flexibility index (Phi) is 4.55. The molecule has 1 aliphatic heterocycles. The second-order valence-electron chi connectivity index (χ2n) is 7.79. The summed E-state index contributed by atoms with van der Waals surface area (Å²) in [6.07, 6.45) is 2.22. The number of amides is 2. The predicted octanol–water partition coefficient (Wildman–Crippen LogP) is 3.16. The largest absolute Gasteiger partial charge is 0.341 e. The van der Waals surface area contributed by atoms with Crippen LogP contribution < -0.4 is 5.32 Å². The lowest BCUT2D eigenvalue weighted by Gasteiger charge is -2.33. The highest BCUT2D eigenvalue weighted by atomic mass is 19.3. The van der Waals surface area contributed by atoms with Gasteiger partial charge in [0.15, 0.2) is 0 Å². The zero-order chi connectivity index (χ0) is 20.1. The lowest BCUT2D eigenvalue weighted by atomic mass is 9.93. The number of fused-ring (bicyclic) bond motifs is 1. The molecule has 1 spiro atoms. The molecule has 0 aromatic carbocycles. The molecule has 28 heavy (non-hydrogen) atoms. The van der Waals surface area contributed by atoms with Crippen LogP contribution in [0.1, 0.15) is 55.1 Å². The van der Waals surface area contributed by atoms with Crippen LogP contribution in [0.5, 0.6) is 0 Å². The van der Waals surface area contributed by atoms with Crippen LogP contribution in [0.2, 0.25) is 0 Å². The van der Waals surface area contributed by atoms with E-state index in [2.05, 4.69) is 15.3 Å². The fourth-order valence-corrected chi connectivity index (χ4v) is 3.82. The summed E-state index contributed by atoms with van der Waals surface area (Å²) in [5.41, 5.74) is -0.415. The van der Waals surface area contributed by atoms with Gasteiger partial charge in [0.05, 0.1) is 10.9 Å². The van der Waals surface area contributed by atoms with Gasteiger partial charge in [0.1, 0.15) is 23.2 Å². The maximum atomic E-state index is 14.2. The smallest absolute Gasteiger partial charge is 0.268 e. The molecule has 6 nitrogen and oxygen atoms in total. The van der Waals surface area contributed by atoms with Gasteiger partial charge >= 0.3 is 0 Å². The first-order valence-electron chi connectivity index (χ1n) is 9.35. The fourth-order valence-electron chi connectivity index (χ4n) is 3.82. The molecule has 1 saturated carbocycles. The number of carbonyl (C=O) groups excluding carboxylic acids is 2. The van der Waals surface area contributed by atoms with E-state index >= 15 is 0 Å². The highest BCUT2D eigenvalue weighted by Crippen LogP contribution is 2.53. The van der Waals surface area contributed by atoms with E-state index in [-0.39, 0.29) is 22.6 Å². The summed E-state index contributed by atoms with van der Waals surface area (Å²) >= 11 is 0. The van der Waals surface area contributed by atoms with Crippen LogP contribution in [0.4, 0.5) is 13.2 Å². The minimum atomic E-state index is -3.00. The van der Waals surface area contributed by atoms with Gasteiger partial charge in [-0.25, -0.2) is 18.2 Å². The molecule has 2 fully saturated rings. The fraction of sp³-hybridized carbons (Fsp3) is 0.526. The topological polar surface area (TPSA) is 78.1 Å². The third-order valence-corrected chi connectivity index (χ3v) is 5.91. The van der Waals surface area contributed by atoms with Crippen LogP contribution in [0.15, 0.2) is 12.3 Å². The minimum absolute atomic E-state index is 0.00297. The number of aromatic nitrogens is 2. The van der Waals surface area contributed by atoms with Gasteiger partial charge in [-0.1, -0.05) is 0 Å². The number of alkyl halides is 2. The summed E-state index contributed by atoms with van der Waals surface area (Å²) in [6, 6.07) is 0.384. The van der Waals surface area contributed by atoms with Gasteiger partial charge in [0, 0.05) is 19.3 Å². The van der Waals surface area contributed by atoms with Gasteiger partial charge in [-0.15, -0.1) is 0 Å². The number of nitrogens with zero attached hydrogens (tertiary/aromatic N) is 2. The van der Waals surface area contributed by atoms with E-state index in [1.54, 1.807) is 11.8 Å². The second kappa shape index (κ2) is 6.79. The molecule has 150 valence electrons. The number of carbonyl (C=O) groups is 2. The number of H-pyrrole nitrogens is 1. The van der Waals surface area contributed by atoms with E-state index in [4.69, 9.17) is 0 Å². The quantitative estimate of drug-likeness (QED) is 0.836. The summed E-state index contributed by atoms with van der Waals surface area (Å²) in [6.45, 7) is 2.98. The van der Waals surface area contributed by atoms with Crippen molar-refractivity contribution in [3.05, 3.63) is 29.3 Å². The lowest BCUT2D eigenvalue weighted by molar-refractivity contribution is -0.134. The number of hydrogen-bond acceptors (Lipinski definition) is 3. The van der Waals surface area contributed by atoms with Crippen molar-refractivity contribution in [2.24, 2.45) is 5.41 Å². The van der Waals surface area contributed by atoms with Gasteiger partial charge in [0.25, 0.3) is 12.3 Å². The van der Waals surface area contributed by atoms with Gasteiger partial charge in [0.2, 0.25) is 5.91 Å². The first-order chi connectivity index (χ1) is 13.3. The molecule has 3 heterocycles. The number of aromatic amines is 1. The maximum absolute atomic E-state index is 14.2. The monoisotopic (exact) mass is 394 g/mol. The molecule has 4 rings (SSSR count). The lowest BCUT2D eigenvalue weighted by Crippen LogP contribution is -2.49. The average Bonchev–Trinajstić information content (AvgIpc) is 3.26. The van der Waals surface area contributed by atoms with Crippen LogP contribution in [-0.2, 0) is 4.79 Å². The van der Waals surface area contributed by atoms with Crippen molar-refractivity contribution in [3.8, 4) is 0 Å². The molecule has 1 aliphatic carbocycles. The molecule has 2 aliphatic rings. The van der Waals surface area contributed by atoms with E-state index in [0.717, 1.165) is 25.1 Å². The molecule has 9 heteroatoms. The van der Waals surface area contributed by atoms with Gasteiger partial charge in [-0.3, -0.25) is 9.59 Å². The van der Waals surface area contributed by atoms with Crippen LogP contribution in [0.25, 0.3) is 11.0 Å². The van der Waals surface area contributed by atoms with Crippen molar-refractivity contribution in [3.63, 3.8) is 0 Å². The van der Waals surface area contributed by atoms with Crippen molar-refractivity contribution in [1.82, 2.24) is 20.2 Å². The highest BCUT2D eigenvalue weighted by Gasteiger charge is 2.45. The summed E-state index contributed by atoms with van der Waals surface area (Å²) in [5, 5.41) is 2.40.